The van der Waals surface area contributed by atoms with Crippen LogP contribution in [0.5, 0.6) is 0 Å². The number of H-pyrrole nitrogens is 1. The fourth-order valence-electron chi connectivity index (χ4n) is 2.21. The van der Waals surface area contributed by atoms with E-state index >= 15 is 0 Å². The van der Waals surface area contributed by atoms with Crippen molar-refractivity contribution in [3.05, 3.63) is 70.9 Å². The first-order chi connectivity index (χ1) is 10.7. The molecule has 5 heteroatoms. The Kier molecular flexibility index (Phi) is 4.21. The number of halogens is 1. The second kappa shape index (κ2) is 6.45. The molecule has 0 bridgehead atoms. The Balaban J connectivity index is 1.66. The third-order valence-electron chi connectivity index (χ3n) is 3.26. The Morgan fingerprint density at radius 2 is 1.86 bits per heavy atom. The van der Waals surface area contributed by atoms with Gasteiger partial charge in [0.05, 0.1) is 23.4 Å². The number of hydrazone groups is 1. The van der Waals surface area contributed by atoms with Crippen molar-refractivity contribution in [1.82, 2.24) is 10.4 Å². The number of amides is 1. The lowest BCUT2D eigenvalue weighted by molar-refractivity contribution is -0.120. The van der Waals surface area contributed by atoms with E-state index in [2.05, 4.69) is 15.5 Å². The molecule has 2 N–H and O–H groups in total. The van der Waals surface area contributed by atoms with Crippen LogP contribution < -0.4 is 5.43 Å². The van der Waals surface area contributed by atoms with Crippen molar-refractivity contribution < 1.29 is 4.79 Å². The van der Waals surface area contributed by atoms with Crippen molar-refractivity contribution in [2.75, 3.05) is 0 Å². The van der Waals surface area contributed by atoms with E-state index in [4.69, 9.17) is 11.6 Å². The fourth-order valence-corrected chi connectivity index (χ4v) is 2.47. The lowest BCUT2D eigenvalue weighted by Gasteiger charge is -1.99. The molecule has 22 heavy (non-hydrogen) atoms. The van der Waals surface area contributed by atoms with Crippen molar-refractivity contribution in [2.45, 2.75) is 6.42 Å². The van der Waals surface area contributed by atoms with E-state index < -0.39 is 0 Å². The van der Waals surface area contributed by atoms with Gasteiger partial charge in [-0.15, -0.1) is 0 Å². The van der Waals surface area contributed by atoms with E-state index in [0.717, 1.165) is 16.5 Å². The predicted molar refractivity (Wildman–Crippen MR) is 89.2 cm³/mol. The number of nitrogens with one attached hydrogen (secondary N) is 2. The van der Waals surface area contributed by atoms with E-state index in [9.17, 15) is 4.79 Å². The quantitative estimate of drug-likeness (QED) is 0.562. The maximum Gasteiger partial charge on any atom is 0.244 e. The molecule has 0 fully saturated rings. The van der Waals surface area contributed by atoms with Gasteiger partial charge in [0.15, 0.2) is 0 Å². The Hall–Kier alpha value is -2.59. The molecule has 0 radical (unpaired) electrons. The van der Waals surface area contributed by atoms with Crippen LogP contribution in [-0.4, -0.2) is 17.1 Å². The molecular formula is C17H14ClN3O. The summed E-state index contributed by atoms with van der Waals surface area (Å²) in [4.78, 5) is 14.9. The Morgan fingerprint density at radius 1 is 1.14 bits per heavy atom. The van der Waals surface area contributed by atoms with E-state index in [1.54, 1.807) is 0 Å². The normalized spacial score (nSPS) is 11.1. The Labute approximate surface area is 132 Å². The number of para-hydroxylation sites is 1. The summed E-state index contributed by atoms with van der Waals surface area (Å²) < 4.78 is 0. The summed E-state index contributed by atoms with van der Waals surface area (Å²) in [6, 6.07) is 17.2. The average molecular weight is 312 g/mol. The van der Waals surface area contributed by atoms with Crippen molar-refractivity contribution in [3.8, 4) is 0 Å². The van der Waals surface area contributed by atoms with Crippen molar-refractivity contribution >= 4 is 34.6 Å². The van der Waals surface area contributed by atoms with Crippen LogP contribution in [0.25, 0.3) is 10.9 Å². The minimum absolute atomic E-state index is 0.172. The van der Waals surface area contributed by atoms with Gasteiger partial charge in [-0.2, -0.15) is 5.10 Å². The highest BCUT2D eigenvalue weighted by Crippen LogP contribution is 2.25. The molecule has 1 heterocycles. The molecular weight excluding hydrogens is 298 g/mol. The second-order valence-electron chi connectivity index (χ2n) is 4.85. The van der Waals surface area contributed by atoms with Gasteiger partial charge in [0, 0.05) is 10.9 Å². The summed E-state index contributed by atoms with van der Waals surface area (Å²) in [7, 11) is 0. The molecule has 4 nitrogen and oxygen atoms in total. The highest BCUT2D eigenvalue weighted by atomic mass is 35.5. The monoisotopic (exact) mass is 311 g/mol. The number of rotatable bonds is 4. The molecule has 0 unspecified atom stereocenters. The number of nitrogens with zero attached hydrogens (tertiary/aromatic N) is 1. The van der Waals surface area contributed by atoms with Crippen molar-refractivity contribution in [1.29, 1.82) is 0 Å². The first-order valence-electron chi connectivity index (χ1n) is 6.86. The Bertz CT molecular complexity index is 824. The number of hydrogen-bond donors (Lipinski definition) is 2. The number of hydrogen-bond acceptors (Lipinski definition) is 2. The number of benzene rings is 2. The van der Waals surface area contributed by atoms with Crippen molar-refractivity contribution in [2.24, 2.45) is 5.10 Å². The molecule has 3 rings (SSSR count). The molecule has 1 aromatic heterocycles. The summed E-state index contributed by atoms with van der Waals surface area (Å²) in [5.74, 6) is -0.172. The van der Waals surface area contributed by atoms with E-state index in [-0.39, 0.29) is 5.91 Å². The number of fused-ring (bicyclic) bond motifs is 1. The van der Waals surface area contributed by atoms with Crippen LogP contribution in [0.4, 0.5) is 0 Å². The molecule has 3 aromatic rings. The molecule has 110 valence electrons. The van der Waals surface area contributed by atoms with E-state index in [1.165, 1.54) is 6.21 Å². The molecule has 0 saturated carbocycles. The minimum Gasteiger partial charge on any atom is -0.352 e. The minimum atomic E-state index is -0.172. The smallest absolute Gasteiger partial charge is 0.244 e. The lowest BCUT2D eigenvalue weighted by atomic mass is 10.1. The second-order valence-corrected chi connectivity index (χ2v) is 5.23. The zero-order chi connectivity index (χ0) is 15.4. The maximum atomic E-state index is 11.8. The maximum absolute atomic E-state index is 11.8. The summed E-state index contributed by atoms with van der Waals surface area (Å²) in [6.45, 7) is 0. The number of aromatic nitrogens is 1. The van der Waals surface area contributed by atoms with Crippen LogP contribution in [0, 0.1) is 0 Å². The zero-order valence-electron chi connectivity index (χ0n) is 11.7. The number of carbonyl (C=O) groups excluding carboxylic acids is 1. The number of aromatic amines is 1. The molecule has 0 aliphatic rings. The van der Waals surface area contributed by atoms with Gasteiger partial charge in [0.25, 0.3) is 0 Å². The zero-order valence-corrected chi connectivity index (χ0v) is 12.5. The fraction of sp³-hybridized carbons (Fsp3) is 0.0588. The Morgan fingerprint density at radius 3 is 2.64 bits per heavy atom. The lowest BCUT2D eigenvalue weighted by Crippen LogP contribution is -2.19. The molecule has 0 saturated heterocycles. The van der Waals surface area contributed by atoms with Crippen molar-refractivity contribution in [3.63, 3.8) is 0 Å². The first-order valence-corrected chi connectivity index (χ1v) is 7.24. The molecule has 1 amide bonds. The van der Waals surface area contributed by atoms with Crippen LogP contribution in [0.1, 0.15) is 11.3 Å². The summed E-state index contributed by atoms with van der Waals surface area (Å²) in [6.07, 6.45) is 1.81. The van der Waals surface area contributed by atoms with Gasteiger partial charge < -0.3 is 4.98 Å². The van der Waals surface area contributed by atoms with Gasteiger partial charge in [-0.05, 0) is 11.6 Å². The van der Waals surface area contributed by atoms with Gasteiger partial charge in [0.1, 0.15) is 0 Å². The third-order valence-corrected chi connectivity index (χ3v) is 3.67. The van der Waals surface area contributed by atoms with Gasteiger partial charge >= 0.3 is 0 Å². The van der Waals surface area contributed by atoms with Gasteiger partial charge in [-0.3, -0.25) is 4.79 Å². The van der Waals surface area contributed by atoms with Crippen LogP contribution in [0.3, 0.4) is 0 Å². The summed E-state index contributed by atoms with van der Waals surface area (Å²) in [5, 5.41) is 5.48. The highest BCUT2D eigenvalue weighted by Gasteiger charge is 2.07. The molecule has 0 spiro atoms. The van der Waals surface area contributed by atoms with Crippen LogP contribution >= 0.6 is 11.6 Å². The first kappa shape index (κ1) is 14.4. The van der Waals surface area contributed by atoms with Gasteiger partial charge in [0.2, 0.25) is 5.91 Å². The topological polar surface area (TPSA) is 57.2 Å². The van der Waals surface area contributed by atoms with Crippen LogP contribution in [-0.2, 0) is 11.2 Å². The summed E-state index contributed by atoms with van der Waals surface area (Å²) >= 11 is 6.27. The molecule has 2 aromatic carbocycles. The standard InChI is InChI=1S/C17H14ClN3O/c18-17-13-8-4-5-9-14(13)20-15(17)11-19-21-16(22)10-12-6-2-1-3-7-12/h1-9,11,20H,10H2,(H,21,22)/b19-11+. The van der Waals surface area contributed by atoms with Crippen LogP contribution in [0.2, 0.25) is 5.02 Å². The SMILES string of the molecule is O=C(Cc1ccccc1)N/N=C/c1[nH]c2ccccc2c1Cl. The molecule has 0 aliphatic carbocycles. The number of carbonyl (C=O) groups is 1. The predicted octanol–water partition coefficient (Wildman–Crippen LogP) is 3.51. The van der Waals surface area contributed by atoms with E-state index in [0.29, 0.717) is 17.1 Å². The summed E-state index contributed by atoms with van der Waals surface area (Å²) in [5.41, 5.74) is 5.05. The van der Waals surface area contributed by atoms with E-state index in [1.807, 2.05) is 54.6 Å². The molecule has 0 atom stereocenters. The highest BCUT2D eigenvalue weighted by molar-refractivity contribution is 6.38. The van der Waals surface area contributed by atoms with Gasteiger partial charge in [-0.1, -0.05) is 60.1 Å². The third kappa shape index (κ3) is 3.18. The average Bonchev–Trinajstić information content (AvgIpc) is 2.85. The van der Waals surface area contributed by atoms with Gasteiger partial charge in [-0.25, -0.2) is 5.43 Å². The largest absolute Gasteiger partial charge is 0.352 e. The van der Waals surface area contributed by atoms with Crippen LogP contribution in [0.15, 0.2) is 59.7 Å². The molecule has 0 aliphatic heterocycles.